The maximum absolute atomic E-state index is 12.0. The van der Waals surface area contributed by atoms with Gasteiger partial charge in [0, 0.05) is 16.1 Å². The van der Waals surface area contributed by atoms with Gasteiger partial charge in [0.15, 0.2) is 0 Å². The fraction of sp³-hybridized carbons (Fsp3) is 0.286. The number of ether oxygens (including phenoxy) is 1. The third kappa shape index (κ3) is 2.87. The van der Waals surface area contributed by atoms with E-state index in [2.05, 4.69) is 21.2 Å². The Bertz CT molecular complexity index is 553. The summed E-state index contributed by atoms with van der Waals surface area (Å²) in [6, 6.07) is 7.58. The van der Waals surface area contributed by atoms with Crippen LogP contribution < -0.4 is 5.32 Å². The molecular weight excluding hydrogens is 310 g/mol. The maximum Gasteiger partial charge on any atom is 0.319 e. The smallest absolute Gasteiger partial charge is 0.319 e. The summed E-state index contributed by atoms with van der Waals surface area (Å²) in [6.07, 6.45) is 1.88. The minimum absolute atomic E-state index is 0.307. The third-order valence-corrected chi connectivity index (χ3v) is 3.57. The Kier molecular flexibility index (Phi) is 4.04. The van der Waals surface area contributed by atoms with E-state index in [0.29, 0.717) is 0 Å². The van der Waals surface area contributed by atoms with Gasteiger partial charge in [-0.05, 0) is 24.6 Å². The molecule has 2 rings (SSSR count). The summed E-state index contributed by atoms with van der Waals surface area (Å²) >= 11 is 3.40. The van der Waals surface area contributed by atoms with Gasteiger partial charge in [0.25, 0.3) is 0 Å². The van der Waals surface area contributed by atoms with Crippen LogP contribution in [0.1, 0.15) is 18.4 Å². The first-order chi connectivity index (χ1) is 9.02. The van der Waals surface area contributed by atoms with Crippen molar-refractivity contribution in [3.05, 3.63) is 46.1 Å². The molecule has 1 aliphatic rings. The number of esters is 1. The van der Waals surface area contributed by atoms with Crippen molar-refractivity contribution >= 4 is 27.8 Å². The molecule has 0 saturated carbocycles. The summed E-state index contributed by atoms with van der Waals surface area (Å²) in [6.45, 7) is 1.80. The van der Waals surface area contributed by atoms with Crippen LogP contribution in [-0.2, 0) is 14.3 Å². The molecule has 4 nitrogen and oxygen atoms in total. The maximum atomic E-state index is 12.0. The molecule has 0 saturated heterocycles. The van der Waals surface area contributed by atoms with Crippen LogP contribution in [0.15, 0.2) is 40.5 Å². The molecule has 1 aliphatic heterocycles. The number of carbonyl (C=O) groups is 2. The fourth-order valence-corrected chi connectivity index (χ4v) is 2.64. The second kappa shape index (κ2) is 5.57. The largest absolute Gasteiger partial charge is 0.468 e. The molecule has 0 aliphatic carbocycles. The van der Waals surface area contributed by atoms with Crippen LogP contribution >= 0.6 is 15.9 Å². The number of allylic oxidation sites excluding steroid dienone is 2. The number of methoxy groups -OCH3 is 1. The number of rotatable bonds is 2. The highest BCUT2D eigenvalue weighted by Gasteiger charge is 2.38. The first-order valence-corrected chi connectivity index (χ1v) is 6.65. The summed E-state index contributed by atoms with van der Waals surface area (Å²) in [5.41, 5.74) is 1.65. The number of hydrogen-bond donors (Lipinski definition) is 1. The van der Waals surface area contributed by atoms with E-state index in [1.165, 1.54) is 7.11 Å². The van der Waals surface area contributed by atoms with Gasteiger partial charge in [0.05, 0.1) is 7.11 Å². The summed E-state index contributed by atoms with van der Waals surface area (Å²) in [4.78, 5) is 23.8. The van der Waals surface area contributed by atoms with Crippen molar-refractivity contribution in [2.45, 2.75) is 12.8 Å². The lowest BCUT2D eigenvalue weighted by molar-refractivity contribution is -0.150. The fourth-order valence-electron chi connectivity index (χ4n) is 2.23. The van der Waals surface area contributed by atoms with Crippen molar-refractivity contribution in [3.63, 3.8) is 0 Å². The van der Waals surface area contributed by atoms with E-state index in [4.69, 9.17) is 4.74 Å². The number of carbonyl (C=O) groups excluding carboxylic acids is 2. The van der Waals surface area contributed by atoms with Crippen molar-refractivity contribution in [1.29, 1.82) is 0 Å². The average molecular weight is 324 g/mol. The molecule has 1 N–H and O–H groups in total. The highest BCUT2D eigenvalue weighted by Crippen LogP contribution is 2.32. The van der Waals surface area contributed by atoms with Gasteiger partial charge in [0.1, 0.15) is 5.92 Å². The Morgan fingerprint density at radius 1 is 1.42 bits per heavy atom. The molecular formula is C14H14BrNO3. The molecule has 19 heavy (non-hydrogen) atoms. The summed E-state index contributed by atoms with van der Waals surface area (Å²) in [7, 11) is 1.29. The Hall–Kier alpha value is -1.62. The minimum atomic E-state index is -0.844. The van der Waals surface area contributed by atoms with Crippen molar-refractivity contribution in [2.75, 3.05) is 7.11 Å². The van der Waals surface area contributed by atoms with Crippen LogP contribution in [0.5, 0.6) is 0 Å². The molecule has 2 atom stereocenters. The van der Waals surface area contributed by atoms with Crippen molar-refractivity contribution in [1.82, 2.24) is 5.32 Å². The minimum Gasteiger partial charge on any atom is -0.468 e. The predicted octanol–water partition coefficient (Wildman–Crippen LogP) is 2.36. The molecule has 0 fully saturated rings. The van der Waals surface area contributed by atoms with Crippen LogP contribution in [0.2, 0.25) is 0 Å². The zero-order valence-electron chi connectivity index (χ0n) is 10.6. The van der Waals surface area contributed by atoms with Gasteiger partial charge in [-0.15, -0.1) is 0 Å². The lowest BCUT2D eigenvalue weighted by Gasteiger charge is -2.27. The number of amides is 1. The molecule has 1 aromatic rings. The van der Waals surface area contributed by atoms with Crippen LogP contribution in [0.25, 0.3) is 0 Å². The van der Waals surface area contributed by atoms with Gasteiger partial charge in [-0.3, -0.25) is 9.59 Å². The Balaban J connectivity index is 2.46. The molecule has 0 bridgehead atoms. The van der Waals surface area contributed by atoms with Crippen LogP contribution in [-0.4, -0.2) is 19.0 Å². The molecule has 5 heteroatoms. The SMILES string of the molecule is COC(=O)C1C(=O)NC(C)=CC1c1cccc(Br)c1. The molecule has 1 amide bonds. The average Bonchev–Trinajstić information content (AvgIpc) is 2.37. The van der Waals surface area contributed by atoms with E-state index >= 15 is 0 Å². The second-order valence-corrected chi connectivity index (χ2v) is 5.34. The van der Waals surface area contributed by atoms with Crippen LogP contribution in [0, 0.1) is 5.92 Å². The zero-order valence-corrected chi connectivity index (χ0v) is 12.2. The molecule has 2 unspecified atom stereocenters. The predicted molar refractivity (Wildman–Crippen MR) is 74.3 cm³/mol. The lowest BCUT2D eigenvalue weighted by atomic mass is 9.82. The Labute approximate surface area is 120 Å². The topological polar surface area (TPSA) is 55.4 Å². The zero-order chi connectivity index (χ0) is 14.0. The Morgan fingerprint density at radius 3 is 2.79 bits per heavy atom. The molecule has 1 aromatic carbocycles. The van der Waals surface area contributed by atoms with E-state index in [-0.39, 0.29) is 11.8 Å². The molecule has 100 valence electrons. The third-order valence-electron chi connectivity index (χ3n) is 3.08. The number of halogens is 1. The first kappa shape index (κ1) is 13.8. The summed E-state index contributed by atoms with van der Waals surface area (Å²) in [5, 5.41) is 2.67. The van der Waals surface area contributed by atoms with E-state index in [0.717, 1.165) is 15.7 Å². The number of nitrogens with one attached hydrogen (secondary N) is 1. The number of benzene rings is 1. The highest BCUT2D eigenvalue weighted by atomic mass is 79.9. The lowest BCUT2D eigenvalue weighted by Crippen LogP contribution is -2.42. The Morgan fingerprint density at radius 2 is 2.16 bits per heavy atom. The van der Waals surface area contributed by atoms with Gasteiger partial charge >= 0.3 is 5.97 Å². The normalized spacial score (nSPS) is 22.5. The monoisotopic (exact) mass is 323 g/mol. The van der Waals surface area contributed by atoms with Gasteiger partial charge < -0.3 is 10.1 Å². The van der Waals surface area contributed by atoms with Crippen LogP contribution in [0.3, 0.4) is 0 Å². The van der Waals surface area contributed by atoms with Gasteiger partial charge in [-0.25, -0.2) is 0 Å². The quantitative estimate of drug-likeness (QED) is 0.671. The summed E-state index contributed by atoms with van der Waals surface area (Å²) < 4.78 is 5.64. The molecule has 0 aromatic heterocycles. The molecule has 0 spiro atoms. The van der Waals surface area contributed by atoms with E-state index in [1.54, 1.807) is 6.92 Å². The van der Waals surface area contributed by atoms with Crippen molar-refractivity contribution < 1.29 is 14.3 Å². The van der Waals surface area contributed by atoms with Gasteiger partial charge in [-0.2, -0.15) is 0 Å². The second-order valence-electron chi connectivity index (χ2n) is 4.42. The van der Waals surface area contributed by atoms with E-state index in [9.17, 15) is 9.59 Å². The highest BCUT2D eigenvalue weighted by molar-refractivity contribution is 9.10. The molecule has 0 radical (unpaired) electrons. The van der Waals surface area contributed by atoms with Gasteiger partial charge in [0.2, 0.25) is 5.91 Å². The summed E-state index contributed by atoms with van der Waals surface area (Å²) in [5.74, 6) is -2.00. The van der Waals surface area contributed by atoms with Crippen LogP contribution in [0.4, 0.5) is 0 Å². The van der Waals surface area contributed by atoms with E-state index in [1.807, 2.05) is 30.3 Å². The van der Waals surface area contributed by atoms with E-state index < -0.39 is 11.9 Å². The van der Waals surface area contributed by atoms with Crippen molar-refractivity contribution in [2.24, 2.45) is 5.92 Å². The van der Waals surface area contributed by atoms with Gasteiger partial charge in [-0.1, -0.05) is 34.1 Å². The molecule has 1 heterocycles. The number of hydrogen-bond acceptors (Lipinski definition) is 3. The van der Waals surface area contributed by atoms with Crippen molar-refractivity contribution in [3.8, 4) is 0 Å². The first-order valence-electron chi connectivity index (χ1n) is 5.85. The standard InChI is InChI=1S/C14H14BrNO3/c1-8-6-11(9-4-3-5-10(15)7-9)12(13(17)16-8)14(18)19-2/h3-7,11-12H,1-2H3,(H,16,17).